The molecule has 1 fully saturated rings. The highest BCUT2D eigenvalue weighted by molar-refractivity contribution is 7.12. The summed E-state index contributed by atoms with van der Waals surface area (Å²) in [6, 6.07) is 0.586. The Morgan fingerprint density at radius 2 is 2.31 bits per heavy atom. The van der Waals surface area contributed by atoms with E-state index in [1.807, 2.05) is 11.3 Å². The fourth-order valence-electron chi connectivity index (χ4n) is 2.52. The molecule has 1 atom stereocenters. The van der Waals surface area contributed by atoms with E-state index < -0.39 is 0 Å². The highest BCUT2D eigenvalue weighted by Crippen LogP contribution is 2.50. The van der Waals surface area contributed by atoms with Crippen LogP contribution in [0.2, 0.25) is 0 Å². The molecule has 88 valence electrons. The van der Waals surface area contributed by atoms with Crippen molar-refractivity contribution >= 4 is 11.3 Å². The molecule has 1 unspecified atom stereocenters. The number of hydrogen-bond donors (Lipinski definition) is 1. The van der Waals surface area contributed by atoms with Crippen LogP contribution >= 0.6 is 11.3 Å². The highest BCUT2D eigenvalue weighted by Gasteiger charge is 2.43. The molecule has 1 heterocycles. The van der Waals surface area contributed by atoms with Crippen molar-refractivity contribution in [3.05, 3.63) is 15.6 Å². The van der Waals surface area contributed by atoms with Gasteiger partial charge in [-0.25, -0.2) is 4.98 Å². The first-order valence-corrected chi connectivity index (χ1v) is 7.28. The molecular formula is C13H20N2S. The Bertz CT molecular complexity index is 393. The Morgan fingerprint density at radius 3 is 3.00 bits per heavy atom. The molecule has 0 amide bonds. The number of rotatable bonds is 3. The van der Waals surface area contributed by atoms with Gasteiger partial charge in [-0.1, -0.05) is 13.8 Å². The molecule has 2 aliphatic rings. The lowest BCUT2D eigenvalue weighted by atomic mass is 9.98. The summed E-state index contributed by atoms with van der Waals surface area (Å²) in [6.07, 6.45) is 6.46. The van der Waals surface area contributed by atoms with Crippen LogP contribution in [-0.4, -0.2) is 11.5 Å². The zero-order chi connectivity index (χ0) is 11.2. The zero-order valence-electron chi connectivity index (χ0n) is 10.2. The van der Waals surface area contributed by atoms with E-state index in [0.717, 1.165) is 6.54 Å². The number of nitrogens with one attached hydrogen (secondary N) is 1. The molecule has 0 aliphatic heterocycles. The Morgan fingerprint density at radius 1 is 1.50 bits per heavy atom. The van der Waals surface area contributed by atoms with Gasteiger partial charge < -0.3 is 5.32 Å². The van der Waals surface area contributed by atoms with Gasteiger partial charge in [0, 0.05) is 16.3 Å². The van der Waals surface area contributed by atoms with Crippen LogP contribution in [0.3, 0.4) is 0 Å². The van der Waals surface area contributed by atoms with Gasteiger partial charge in [-0.2, -0.15) is 0 Å². The number of aromatic nitrogens is 1. The minimum atomic E-state index is 0.443. The molecule has 3 rings (SSSR count). The van der Waals surface area contributed by atoms with Gasteiger partial charge in [-0.05, 0) is 38.6 Å². The molecule has 1 N–H and O–H groups in total. The van der Waals surface area contributed by atoms with Crippen LogP contribution in [0.15, 0.2) is 0 Å². The first kappa shape index (κ1) is 10.7. The van der Waals surface area contributed by atoms with Crippen molar-refractivity contribution in [3.63, 3.8) is 0 Å². The van der Waals surface area contributed by atoms with Gasteiger partial charge in [0.2, 0.25) is 0 Å². The summed E-state index contributed by atoms with van der Waals surface area (Å²) in [5.74, 6) is 0. The second-order valence-electron chi connectivity index (χ2n) is 5.39. The maximum Gasteiger partial charge on any atom is 0.0990 e. The summed E-state index contributed by atoms with van der Waals surface area (Å²) >= 11 is 1.98. The minimum absolute atomic E-state index is 0.443. The van der Waals surface area contributed by atoms with Crippen molar-refractivity contribution in [2.24, 2.45) is 0 Å². The van der Waals surface area contributed by atoms with Crippen LogP contribution in [-0.2, 0) is 11.8 Å². The Labute approximate surface area is 101 Å². The molecule has 2 aliphatic carbocycles. The van der Waals surface area contributed by atoms with E-state index >= 15 is 0 Å². The molecule has 1 aromatic rings. The summed E-state index contributed by atoms with van der Waals surface area (Å²) in [5.41, 5.74) is 1.84. The smallest absolute Gasteiger partial charge is 0.0990 e. The summed E-state index contributed by atoms with van der Waals surface area (Å²) in [4.78, 5) is 6.43. The monoisotopic (exact) mass is 236 g/mol. The van der Waals surface area contributed by atoms with Gasteiger partial charge in [0.25, 0.3) is 0 Å². The van der Waals surface area contributed by atoms with Crippen LogP contribution in [0.25, 0.3) is 0 Å². The van der Waals surface area contributed by atoms with Gasteiger partial charge in [0.1, 0.15) is 0 Å². The zero-order valence-corrected chi connectivity index (χ0v) is 11.0. The Hall–Kier alpha value is -0.410. The molecule has 16 heavy (non-hydrogen) atoms. The first-order chi connectivity index (χ1) is 7.73. The van der Waals surface area contributed by atoms with E-state index in [4.69, 9.17) is 4.98 Å². The fourth-order valence-corrected chi connectivity index (χ4v) is 3.94. The SMILES string of the molecule is CCNC1CCCc2nc(C3(C)CC3)sc21. The molecule has 0 radical (unpaired) electrons. The van der Waals surface area contributed by atoms with Gasteiger partial charge in [0.15, 0.2) is 0 Å². The summed E-state index contributed by atoms with van der Waals surface area (Å²) in [5, 5.41) is 5.00. The molecule has 3 heteroatoms. The number of hydrogen-bond acceptors (Lipinski definition) is 3. The van der Waals surface area contributed by atoms with Crippen LogP contribution in [0.4, 0.5) is 0 Å². The van der Waals surface area contributed by atoms with Crippen molar-refractivity contribution in [1.82, 2.24) is 10.3 Å². The van der Waals surface area contributed by atoms with E-state index in [2.05, 4.69) is 19.2 Å². The normalized spacial score (nSPS) is 26.5. The van der Waals surface area contributed by atoms with Crippen LogP contribution in [0.5, 0.6) is 0 Å². The summed E-state index contributed by atoms with van der Waals surface area (Å²) in [6.45, 7) is 5.62. The molecule has 0 spiro atoms. The number of aryl methyl sites for hydroxylation is 1. The van der Waals surface area contributed by atoms with Crippen LogP contribution in [0, 0.1) is 0 Å². The summed E-state index contributed by atoms with van der Waals surface area (Å²) in [7, 11) is 0. The second kappa shape index (κ2) is 3.81. The third kappa shape index (κ3) is 1.70. The number of nitrogens with zero attached hydrogens (tertiary/aromatic N) is 1. The summed E-state index contributed by atoms with van der Waals surface area (Å²) < 4.78 is 0. The van der Waals surface area contributed by atoms with Crippen molar-refractivity contribution in [1.29, 1.82) is 0 Å². The molecule has 1 aromatic heterocycles. The van der Waals surface area contributed by atoms with Crippen LogP contribution < -0.4 is 5.32 Å². The van der Waals surface area contributed by atoms with Gasteiger partial charge in [0.05, 0.1) is 10.7 Å². The average Bonchev–Trinajstić information content (AvgIpc) is 2.88. The lowest BCUT2D eigenvalue weighted by Gasteiger charge is -2.21. The lowest BCUT2D eigenvalue weighted by molar-refractivity contribution is 0.476. The van der Waals surface area contributed by atoms with Gasteiger partial charge in [-0.3, -0.25) is 0 Å². The molecule has 0 bridgehead atoms. The molecule has 2 nitrogen and oxygen atoms in total. The minimum Gasteiger partial charge on any atom is -0.309 e. The lowest BCUT2D eigenvalue weighted by Crippen LogP contribution is -2.23. The van der Waals surface area contributed by atoms with E-state index in [9.17, 15) is 0 Å². The van der Waals surface area contributed by atoms with Gasteiger partial charge >= 0.3 is 0 Å². The number of fused-ring (bicyclic) bond motifs is 1. The molecule has 1 saturated carbocycles. The van der Waals surface area contributed by atoms with Crippen molar-refractivity contribution in [3.8, 4) is 0 Å². The molecular weight excluding hydrogens is 216 g/mol. The maximum atomic E-state index is 4.90. The van der Waals surface area contributed by atoms with E-state index in [1.165, 1.54) is 47.7 Å². The van der Waals surface area contributed by atoms with Crippen molar-refractivity contribution in [2.75, 3.05) is 6.54 Å². The predicted octanol–water partition coefficient (Wildman–Crippen LogP) is 3.18. The van der Waals surface area contributed by atoms with Crippen molar-refractivity contribution in [2.45, 2.75) is 57.4 Å². The van der Waals surface area contributed by atoms with E-state index in [-0.39, 0.29) is 0 Å². The standard InChI is InChI=1S/C13H20N2S/c1-3-14-9-5-4-6-10-11(9)16-12(15-10)13(2)7-8-13/h9,14H,3-8H2,1-2H3. The fraction of sp³-hybridized carbons (Fsp3) is 0.769. The number of thiazole rings is 1. The average molecular weight is 236 g/mol. The Kier molecular flexibility index (Phi) is 2.55. The molecule has 0 saturated heterocycles. The van der Waals surface area contributed by atoms with Crippen LogP contribution in [0.1, 0.15) is 61.2 Å². The van der Waals surface area contributed by atoms with E-state index in [1.54, 1.807) is 0 Å². The third-order valence-electron chi connectivity index (χ3n) is 3.92. The van der Waals surface area contributed by atoms with Crippen molar-refractivity contribution < 1.29 is 0 Å². The second-order valence-corrected chi connectivity index (χ2v) is 6.42. The highest BCUT2D eigenvalue weighted by atomic mass is 32.1. The topological polar surface area (TPSA) is 24.9 Å². The first-order valence-electron chi connectivity index (χ1n) is 6.46. The quantitative estimate of drug-likeness (QED) is 0.872. The molecule has 0 aromatic carbocycles. The maximum absolute atomic E-state index is 4.90. The Balaban J connectivity index is 1.91. The largest absolute Gasteiger partial charge is 0.309 e. The van der Waals surface area contributed by atoms with E-state index in [0.29, 0.717) is 11.5 Å². The predicted molar refractivity (Wildman–Crippen MR) is 68.1 cm³/mol. The third-order valence-corrected chi connectivity index (χ3v) is 5.43. The van der Waals surface area contributed by atoms with Gasteiger partial charge in [-0.15, -0.1) is 11.3 Å².